The quantitative estimate of drug-likeness (QED) is 0.372. The molecule has 0 radical (unpaired) electrons. The Morgan fingerprint density at radius 1 is 1.32 bits per heavy atom. The average Bonchev–Trinajstić information content (AvgIpc) is 2.44. The van der Waals surface area contributed by atoms with Crippen LogP contribution < -0.4 is 5.32 Å². The molecule has 1 fully saturated rings. The normalized spacial score (nSPS) is 18.3. The third-order valence-corrected chi connectivity index (χ3v) is 3.63. The van der Waals surface area contributed by atoms with Crippen LogP contribution in [0, 0.1) is 11.8 Å². The van der Waals surface area contributed by atoms with Crippen LogP contribution in [-0.4, -0.2) is 61.5 Å². The van der Waals surface area contributed by atoms with Gasteiger partial charge in [0.2, 0.25) is 0 Å². The summed E-state index contributed by atoms with van der Waals surface area (Å²) in [6.07, 6.45) is 1.90. The zero-order valence-electron chi connectivity index (χ0n) is 14.5. The van der Waals surface area contributed by atoms with E-state index < -0.39 is 6.10 Å². The molecule has 1 aliphatic heterocycles. The van der Waals surface area contributed by atoms with E-state index in [1.807, 2.05) is 0 Å². The summed E-state index contributed by atoms with van der Waals surface area (Å²) >= 11 is 0. The second-order valence-electron chi connectivity index (χ2n) is 6.45. The summed E-state index contributed by atoms with van der Waals surface area (Å²) in [6.45, 7) is 13.0. The molecule has 132 valence electrons. The molecular formula is C16H34IN3O2. The minimum atomic E-state index is -0.527. The summed E-state index contributed by atoms with van der Waals surface area (Å²) < 4.78 is 5.46. The molecule has 1 heterocycles. The van der Waals surface area contributed by atoms with E-state index in [9.17, 15) is 5.11 Å². The van der Waals surface area contributed by atoms with Crippen LogP contribution in [0.5, 0.6) is 0 Å². The number of nitrogens with zero attached hydrogens (tertiary/aromatic N) is 2. The largest absolute Gasteiger partial charge is 0.389 e. The highest BCUT2D eigenvalue weighted by atomic mass is 127. The molecule has 0 saturated carbocycles. The van der Waals surface area contributed by atoms with Crippen molar-refractivity contribution >= 4 is 29.9 Å². The fraction of sp³-hybridized carbons (Fsp3) is 0.938. The van der Waals surface area contributed by atoms with E-state index in [2.05, 4.69) is 42.9 Å². The molecule has 1 unspecified atom stereocenters. The number of aliphatic hydroxyl groups is 1. The maximum absolute atomic E-state index is 9.94. The minimum absolute atomic E-state index is 0. The number of ether oxygens (including phenoxy) is 1. The van der Waals surface area contributed by atoms with E-state index in [0.717, 1.165) is 31.5 Å². The van der Waals surface area contributed by atoms with Crippen molar-refractivity contribution in [1.29, 1.82) is 0 Å². The van der Waals surface area contributed by atoms with E-state index in [0.29, 0.717) is 25.7 Å². The van der Waals surface area contributed by atoms with Gasteiger partial charge in [-0.15, -0.1) is 24.0 Å². The molecule has 0 aromatic carbocycles. The van der Waals surface area contributed by atoms with E-state index in [-0.39, 0.29) is 24.0 Å². The van der Waals surface area contributed by atoms with E-state index >= 15 is 0 Å². The Kier molecular flexibility index (Phi) is 12.3. The van der Waals surface area contributed by atoms with Gasteiger partial charge in [-0.1, -0.05) is 20.8 Å². The fourth-order valence-electron chi connectivity index (χ4n) is 2.33. The highest BCUT2D eigenvalue weighted by molar-refractivity contribution is 14.0. The number of aliphatic hydroxyl groups excluding tert-OH is 1. The first-order valence-corrected chi connectivity index (χ1v) is 8.32. The number of nitrogens with one attached hydrogen (secondary N) is 1. The smallest absolute Gasteiger partial charge is 0.194 e. The first-order valence-electron chi connectivity index (χ1n) is 8.32. The molecule has 22 heavy (non-hydrogen) atoms. The van der Waals surface area contributed by atoms with Crippen molar-refractivity contribution < 1.29 is 9.84 Å². The molecule has 0 spiro atoms. The molecule has 1 atom stereocenters. The Balaban J connectivity index is 0.00000441. The number of rotatable bonds is 7. The van der Waals surface area contributed by atoms with Gasteiger partial charge in [0, 0.05) is 26.2 Å². The van der Waals surface area contributed by atoms with Crippen LogP contribution in [0.4, 0.5) is 0 Å². The fourth-order valence-corrected chi connectivity index (χ4v) is 2.33. The second-order valence-corrected chi connectivity index (χ2v) is 6.45. The van der Waals surface area contributed by atoms with Crippen molar-refractivity contribution in [1.82, 2.24) is 10.2 Å². The van der Waals surface area contributed by atoms with E-state index in [1.165, 1.54) is 12.8 Å². The Morgan fingerprint density at radius 2 is 1.95 bits per heavy atom. The Hall–Kier alpha value is -0.0800. The number of aliphatic imine (C=N–C) groups is 1. The molecule has 0 bridgehead atoms. The number of hydrogen-bond acceptors (Lipinski definition) is 3. The number of halogens is 1. The van der Waals surface area contributed by atoms with Gasteiger partial charge < -0.3 is 20.1 Å². The molecule has 1 saturated heterocycles. The Labute approximate surface area is 152 Å². The van der Waals surface area contributed by atoms with Crippen LogP contribution in [0.2, 0.25) is 0 Å². The van der Waals surface area contributed by atoms with Gasteiger partial charge >= 0.3 is 0 Å². The lowest BCUT2D eigenvalue weighted by Gasteiger charge is -2.33. The van der Waals surface area contributed by atoms with E-state index in [4.69, 9.17) is 4.74 Å². The van der Waals surface area contributed by atoms with Gasteiger partial charge in [0.1, 0.15) is 0 Å². The third kappa shape index (κ3) is 9.15. The maximum Gasteiger partial charge on any atom is 0.194 e. The first-order chi connectivity index (χ1) is 10.0. The number of guanidine groups is 1. The highest BCUT2D eigenvalue weighted by Crippen LogP contribution is 2.15. The van der Waals surface area contributed by atoms with Gasteiger partial charge in [0.05, 0.1) is 19.3 Å². The predicted molar refractivity (Wildman–Crippen MR) is 103 cm³/mol. The summed E-state index contributed by atoms with van der Waals surface area (Å²) in [7, 11) is 0. The van der Waals surface area contributed by atoms with Crippen LogP contribution >= 0.6 is 24.0 Å². The van der Waals surface area contributed by atoms with Crippen molar-refractivity contribution in [3.8, 4) is 0 Å². The monoisotopic (exact) mass is 427 g/mol. The topological polar surface area (TPSA) is 57.1 Å². The second kappa shape index (κ2) is 12.4. The molecule has 6 heteroatoms. The summed E-state index contributed by atoms with van der Waals surface area (Å²) in [5.41, 5.74) is 0. The maximum atomic E-state index is 9.94. The van der Waals surface area contributed by atoms with Gasteiger partial charge in [-0.3, -0.25) is 4.99 Å². The van der Waals surface area contributed by atoms with Crippen LogP contribution in [0.25, 0.3) is 0 Å². The zero-order valence-corrected chi connectivity index (χ0v) is 16.9. The van der Waals surface area contributed by atoms with Crippen molar-refractivity contribution in [2.45, 2.75) is 46.6 Å². The Morgan fingerprint density at radius 3 is 2.50 bits per heavy atom. The standard InChI is InChI=1S/C16H33N3O2.HI/c1-5-17-16(19-8-6-14(4)7-9-19)18-10-15(20)12-21-11-13(2)3;/h13-15,20H,5-12H2,1-4H3,(H,17,18);1H. The van der Waals surface area contributed by atoms with Crippen LogP contribution in [-0.2, 0) is 4.74 Å². The SMILES string of the molecule is CCNC(=NCC(O)COCC(C)C)N1CCC(C)CC1.I. The van der Waals surface area contributed by atoms with Crippen LogP contribution in [0.1, 0.15) is 40.5 Å². The van der Waals surface area contributed by atoms with Crippen molar-refractivity contribution in [3.05, 3.63) is 0 Å². The lowest BCUT2D eigenvalue weighted by Crippen LogP contribution is -2.45. The molecule has 1 rings (SSSR count). The van der Waals surface area contributed by atoms with Crippen molar-refractivity contribution in [2.24, 2.45) is 16.8 Å². The van der Waals surface area contributed by atoms with Crippen molar-refractivity contribution in [2.75, 3.05) is 39.4 Å². The molecule has 0 aromatic heterocycles. The molecule has 0 aromatic rings. The van der Waals surface area contributed by atoms with Crippen molar-refractivity contribution in [3.63, 3.8) is 0 Å². The number of piperidine rings is 1. The van der Waals surface area contributed by atoms with Gasteiger partial charge in [0.15, 0.2) is 5.96 Å². The summed E-state index contributed by atoms with van der Waals surface area (Å²) in [5, 5.41) is 13.3. The lowest BCUT2D eigenvalue weighted by molar-refractivity contribution is 0.0300. The van der Waals surface area contributed by atoms with Gasteiger partial charge in [-0.05, 0) is 31.6 Å². The average molecular weight is 427 g/mol. The predicted octanol–water partition coefficient (Wildman–Crippen LogP) is 2.34. The minimum Gasteiger partial charge on any atom is -0.389 e. The van der Waals surface area contributed by atoms with Crippen LogP contribution in [0.15, 0.2) is 4.99 Å². The van der Waals surface area contributed by atoms with Gasteiger partial charge in [-0.2, -0.15) is 0 Å². The summed E-state index contributed by atoms with van der Waals surface area (Å²) in [6, 6.07) is 0. The third-order valence-electron chi connectivity index (χ3n) is 3.63. The summed E-state index contributed by atoms with van der Waals surface area (Å²) in [4.78, 5) is 6.86. The number of hydrogen-bond donors (Lipinski definition) is 2. The highest BCUT2D eigenvalue weighted by Gasteiger charge is 2.18. The summed E-state index contributed by atoms with van der Waals surface area (Å²) in [5.74, 6) is 2.22. The van der Waals surface area contributed by atoms with Crippen LogP contribution in [0.3, 0.4) is 0 Å². The molecular weight excluding hydrogens is 393 g/mol. The first kappa shape index (κ1) is 21.9. The zero-order chi connectivity index (χ0) is 15.7. The molecule has 0 aliphatic carbocycles. The Bertz CT molecular complexity index is 306. The van der Waals surface area contributed by atoms with E-state index in [1.54, 1.807) is 0 Å². The molecule has 1 aliphatic rings. The van der Waals surface area contributed by atoms with Gasteiger partial charge in [0.25, 0.3) is 0 Å². The van der Waals surface area contributed by atoms with Gasteiger partial charge in [-0.25, -0.2) is 0 Å². The lowest BCUT2D eigenvalue weighted by atomic mass is 10.00. The molecule has 2 N–H and O–H groups in total. The molecule has 5 nitrogen and oxygen atoms in total. The number of likely N-dealkylation sites (tertiary alicyclic amines) is 1. The molecule has 0 amide bonds.